The highest BCUT2D eigenvalue weighted by molar-refractivity contribution is 7.89. The van der Waals surface area contributed by atoms with E-state index in [9.17, 15) is 18.0 Å². The topological polar surface area (TPSA) is 139 Å². The summed E-state index contributed by atoms with van der Waals surface area (Å²) in [6, 6.07) is 3.93. The lowest BCUT2D eigenvalue weighted by Gasteiger charge is -2.19. The minimum Gasteiger partial charge on any atom is -0.480 e. The number of carbonyl (C=O) groups excluding carboxylic acids is 1. The number of rotatable bonds is 8. The summed E-state index contributed by atoms with van der Waals surface area (Å²) in [5.41, 5.74) is 0.262. The van der Waals surface area contributed by atoms with Crippen LogP contribution in [0.1, 0.15) is 26.7 Å². The lowest BCUT2D eigenvalue weighted by atomic mass is 10.1. The molecule has 0 fully saturated rings. The van der Waals surface area contributed by atoms with Crippen LogP contribution >= 0.6 is 12.4 Å². The molecule has 0 aliphatic carbocycles. The molecule has 1 aromatic rings. The van der Waals surface area contributed by atoms with Gasteiger partial charge in [0.2, 0.25) is 15.9 Å². The Morgan fingerprint density at radius 1 is 1.33 bits per heavy atom. The molecule has 0 aliphatic rings. The lowest BCUT2D eigenvalue weighted by Crippen LogP contribution is -2.47. The highest BCUT2D eigenvalue weighted by Gasteiger charge is 2.22. The van der Waals surface area contributed by atoms with Crippen molar-refractivity contribution in [3.05, 3.63) is 24.3 Å². The van der Waals surface area contributed by atoms with Crippen molar-refractivity contribution in [1.29, 1.82) is 0 Å². The number of hydrogen-bond donors (Lipinski definition) is 4. The molecule has 2 unspecified atom stereocenters. The maximum absolute atomic E-state index is 12.1. The third-order valence-corrected chi connectivity index (χ3v) is 4.06. The number of amides is 1. The van der Waals surface area contributed by atoms with E-state index in [0.717, 1.165) is 0 Å². The summed E-state index contributed by atoms with van der Waals surface area (Å²) < 4.78 is 22.6. The number of aliphatic carboxylic acids is 1. The van der Waals surface area contributed by atoms with E-state index in [-0.39, 0.29) is 23.0 Å². The van der Waals surface area contributed by atoms with Crippen LogP contribution in [0.5, 0.6) is 0 Å². The monoisotopic (exact) mass is 379 g/mol. The number of nitrogens with two attached hydrogens (primary N) is 1. The van der Waals surface area contributed by atoms with Crippen LogP contribution in [0.15, 0.2) is 29.2 Å². The zero-order chi connectivity index (χ0) is 17.6. The number of anilines is 1. The number of benzene rings is 1. The molecular weight excluding hydrogens is 358 g/mol. The van der Waals surface area contributed by atoms with E-state index < -0.39 is 34.0 Å². The predicted molar refractivity (Wildman–Crippen MR) is 92.6 cm³/mol. The second-order valence-corrected chi connectivity index (χ2v) is 6.69. The van der Waals surface area contributed by atoms with Gasteiger partial charge in [-0.2, -0.15) is 0 Å². The van der Waals surface area contributed by atoms with Gasteiger partial charge in [-0.25, -0.2) is 13.6 Å². The molecule has 0 heterocycles. The summed E-state index contributed by atoms with van der Waals surface area (Å²) in [5.74, 6) is -1.50. The molecule has 0 radical (unpaired) electrons. The van der Waals surface area contributed by atoms with Gasteiger partial charge in [0.05, 0.1) is 10.9 Å². The molecule has 0 aliphatic heterocycles. The largest absolute Gasteiger partial charge is 0.480 e. The van der Waals surface area contributed by atoms with E-state index in [1.54, 1.807) is 0 Å². The smallest absolute Gasteiger partial charge is 0.320 e. The van der Waals surface area contributed by atoms with Gasteiger partial charge >= 0.3 is 5.97 Å². The van der Waals surface area contributed by atoms with Crippen molar-refractivity contribution < 1.29 is 23.1 Å². The van der Waals surface area contributed by atoms with E-state index in [0.29, 0.717) is 12.8 Å². The number of carboxylic acids is 1. The van der Waals surface area contributed by atoms with E-state index in [1.165, 1.54) is 31.2 Å². The van der Waals surface area contributed by atoms with Crippen LogP contribution in [0.25, 0.3) is 0 Å². The van der Waals surface area contributed by atoms with Crippen molar-refractivity contribution in [1.82, 2.24) is 5.32 Å². The molecule has 24 heavy (non-hydrogen) atoms. The average Bonchev–Trinajstić information content (AvgIpc) is 2.45. The zero-order valence-electron chi connectivity index (χ0n) is 13.4. The fraction of sp³-hybridized carbons (Fsp3) is 0.429. The first-order valence-corrected chi connectivity index (χ1v) is 8.62. The van der Waals surface area contributed by atoms with Crippen molar-refractivity contribution in [3.63, 3.8) is 0 Å². The Kier molecular flexibility index (Phi) is 8.91. The fourth-order valence-corrected chi connectivity index (χ4v) is 2.51. The molecule has 2 atom stereocenters. The van der Waals surface area contributed by atoms with E-state index in [4.69, 9.17) is 10.2 Å². The second-order valence-electron chi connectivity index (χ2n) is 5.13. The summed E-state index contributed by atoms with van der Waals surface area (Å²) in [6.07, 6.45) is 1.06. The molecule has 5 N–H and O–H groups in total. The van der Waals surface area contributed by atoms with Crippen molar-refractivity contribution in [2.24, 2.45) is 5.14 Å². The lowest BCUT2D eigenvalue weighted by molar-refractivity contribution is -0.140. The highest BCUT2D eigenvalue weighted by Crippen LogP contribution is 2.14. The first-order chi connectivity index (χ1) is 10.6. The highest BCUT2D eigenvalue weighted by atomic mass is 35.5. The summed E-state index contributed by atoms with van der Waals surface area (Å²) in [7, 11) is -3.86. The van der Waals surface area contributed by atoms with Gasteiger partial charge in [-0.3, -0.25) is 14.9 Å². The Labute approximate surface area is 147 Å². The van der Waals surface area contributed by atoms with Gasteiger partial charge < -0.3 is 10.4 Å². The molecule has 1 rings (SSSR count). The van der Waals surface area contributed by atoms with Gasteiger partial charge in [0, 0.05) is 5.69 Å². The Morgan fingerprint density at radius 2 is 1.96 bits per heavy atom. The van der Waals surface area contributed by atoms with Gasteiger partial charge in [-0.15, -0.1) is 12.4 Å². The third-order valence-electron chi connectivity index (χ3n) is 3.15. The number of hydrogen-bond acceptors (Lipinski definition) is 5. The second kappa shape index (κ2) is 9.58. The Balaban J connectivity index is 0.00000529. The predicted octanol–water partition coefficient (Wildman–Crippen LogP) is 0.926. The molecular formula is C14H22ClN3O5S. The molecule has 1 amide bonds. The molecule has 0 aromatic heterocycles. The van der Waals surface area contributed by atoms with Gasteiger partial charge in [-0.05, 0) is 31.5 Å². The van der Waals surface area contributed by atoms with Gasteiger partial charge in [0.15, 0.2) is 0 Å². The molecule has 136 valence electrons. The van der Waals surface area contributed by atoms with Crippen molar-refractivity contribution in [3.8, 4) is 0 Å². The van der Waals surface area contributed by atoms with Crippen molar-refractivity contribution >= 4 is 40.0 Å². The standard InChI is InChI=1S/C14H21N3O5S.ClH/c1-3-5-12(14(19)20)16-9(2)13(18)17-10-6-4-7-11(8-10)23(15,21)22;/h4,6-9,12,16H,3,5H2,1-2H3,(H,17,18)(H,19,20)(H2,15,21,22);1H. The van der Waals surface area contributed by atoms with Crippen molar-refractivity contribution in [2.45, 2.75) is 43.7 Å². The number of nitrogens with one attached hydrogen (secondary N) is 2. The van der Waals surface area contributed by atoms with Crippen LogP contribution < -0.4 is 15.8 Å². The van der Waals surface area contributed by atoms with Crippen LogP contribution in [0.4, 0.5) is 5.69 Å². The molecule has 0 spiro atoms. The number of carbonyl (C=O) groups is 2. The number of carboxylic acid groups (broad SMARTS) is 1. The Morgan fingerprint density at radius 3 is 2.46 bits per heavy atom. The molecule has 10 heteroatoms. The maximum atomic E-state index is 12.1. The minimum absolute atomic E-state index is 0. The van der Waals surface area contributed by atoms with Crippen LogP contribution in [0, 0.1) is 0 Å². The number of halogens is 1. The van der Waals surface area contributed by atoms with Crippen LogP contribution in [-0.2, 0) is 19.6 Å². The number of primary sulfonamides is 1. The fourth-order valence-electron chi connectivity index (χ4n) is 1.95. The third kappa shape index (κ3) is 6.83. The van der Waals surface area contributed by atoms with Gasteiger partial charge in [-0.1, -0.05) is 19.4 Å². The summed E-state index contributed by atoms with van der Waals surface area (Å²) >= 11 is 0. The van der Waals surface area contributed by atoms with Crippen LogP contribution in [-0.4, -0.2) is 37.5 Å². The van der Waals surface area contributed by atoms with Gasteiger partial charge in [0.25, 0.3) is 0 Å². The van der Waals surface area contributed by atoms with E-state index in [1.807, 2.05) is 6.92 Å². The summed E-state index contributed by atoms with van der Waals surface area (Å²) in [6.45, 7) is 3.38. The first kappa shape index (κ1) is 22.3. The SMILES string of the molecule is CCCC(NC(C)C(=O)Nc1cccc(S(N)(=O)=O)c1)C(=O)O.Cl. The normalized spacial score (nSPS) is 13.5. The Bertz CT molecular complexity index is 681. The molecule has 1 aromatic carbocycles. The molecule has 8 nitrogen and oxygen atoms in total. The molecule has 0 bridgehead atoms. The summed E-state index contributed by atoms with van der Waals surface area (Å²) in [4.78, 5) is 23.1. The molecule has 0 saturated carbocycles. The summed E-state index contributed by atoms with van der Waals surface area (Å²) in [5, 5.41) is 19.4. The van der Waals surface area contributed by atoms with Crippen LogP contribution in [0.3, 0.4) is 0 Å². The minimum atomic E-state index is -3.86. The van der Waals surface area contributed by atoms with Gasteiger partial charge in [0.1, 0.15) is 6.04 Å². The maximum Gasteiger partial charge on any atom is 0.320 e. The average molecular weight is 380 g/mol. The van der Waals surface area contributed by atoms with Crippen molar-refractivity contribution in [2.75, 3.05) is 5.32 Å². The Hall–Kier alpha value is -1.68. The van der Waals surface area contributed by atoms with E-state index in [2.05, 4.69) is 10.6 Å². The first-order valence-electron chi connectivity index (χ1n) is 7.07. The van der Waals surface area contributed by atoms with E-state index >= 15 is 0 Å². The molecule has 0 saturated heterocycles. The zero-order valence-corrected chi connectivity index (χ0v) is 15.0. The number of sulfonamides is 1. The van der Waals surface area contributed by atoms with Crippen LogP contribution in [0.2, 0.25) is 0 Å². The quantitative estimate of drug-likeness (QED) is 0.529.